The van der Waals surface area contributed by atoms with Gasteiger partial charge in [0.1, 0.15) is 0 Å². The molecule has 0 bridgehead atoms. The van der Waals surface area contributed by atoms with Crippen LogP contribution in [0.2, 0.25) is 0 Å². The van der Waals surface area contributed by atoms with Crippen LogP contribution < -0.4 is 15.2 Å². The van der Waals surface area contributed by atoms with Crippen LogP contribution in [0.15, 0.2) is 29.1 Å². The summed E-state index contributed by atoms with van der Waals surface area (Å²) in [4.78, 5) is 24.7. The Morgan fingerprint density at radius 3 is 2.63 bits per heavy atom. The second kappa shape index (κ2) is 9.51. The summed E-state index contributed by atoms with van der Waals surface area (Å²) >= 11 is 0. The molecule has 7 heteroatoms. The first-order valence-electron chi connectivity index (χ1n) is 11.2. The molecule has 7 nitrogen and oxygen atoms in total. The van der Waals surface area contributed by atoms with Crippen LogP contribution >= 0.6 is 0 Å². The molecule has 1 aromatic heterocycles. The number of rotatable bonds is 6. The van der Waals surface area contributed by atoms with Crippen LogP contribution in [0, 0.1) is 0 Å². The zero-order chi connectivity index (χ0) is 20.9. The number of ether oxygens (including phenoxy) is 1. The molecule has 2 aliphatic heterocycles. The molecule has 2 fully saturated rings. The third-order valence-electron chi connectivity index (χ3n) is 6.14. The van der Waals surface area contributed by atoms with Gasteiger partial charge in [-0.05, 0) is 69.8 Å². The summed E-state index contributed by atoms with van der Waals surface area (Å²) in [5.41, 5.74) is 2.02. The molecule has 0 spiro atoms. The molecular formula is C23H32N4O3. The number of nitrogens with zero attached hydrogens (tertiary/aromatic N) is 3. The minimum atomic E-state index is -0.0458. The Bertz CT molecular complexity index is 900. The van der Waals surface area contributed by atoms with Crippen molar-refractivity contribution in [3.63, 3.8) is 0 Å². The Hall–Kier alpha value is -2.54. The Morgan fingerprint density at radius 1 is 1.13 bits per heavy atom. The number of likely N-dealkylation sites (tertiary alicyclic amines) is 1. The van der Waals surface area contributed by atoms with Crippen LogP contribution in [0.3, 0.4) is 0 Å². The highest BCUT2D eigenvalue weighted by molar-refractivity contribution is 5.41. The summed E-state index contributed by atoms with van der Waals surface area (Å²) in [6.45, 7) is 7.14. The molecule has 2 N–H and O–H groups in total. The number of nitrogens with one attached hydrogen (secondary N) is 1. The summed E-state index contributed by atoms with van der Waals surface area (Å²) in [6, 6.07) is 7.26. The van der Waals surface area contributed by atoms with Gasteiger partial charge in [0.05, 0.1) is 12.3 Å². The number of aromatic amines is 1. The summed E-state index contributed by atoms with van der Waals surface area (Å²) in [7, 11) is 0. The van der Waals surface area contributed by atoms with Gasteiger partial charge < -0.3 is 14.7 Å². The molecule has 2 aliphatic rings. The summed E-state index contributed by atoms with van der Waals surface area (Å²) in [5.74, 6) is 1.80. The van der Waals surface area contributed by atoms with E-state index in [1.54, 1.807) is 12.1 Å². The lowest BCUT2D eigenvalue weighted by Crippen LogP contribution is -2.35. The number of hydrogen-bond donors (Lipinski definition) is 2. The van der Waals surface area contributed by atoms with E-state index in [1.807, 2.05) is 19.1 Å². The molecular weight excluding hydrogens is 380 g/mol. The minimum absolute atomic E-state index is 0.0458. The lowest BCUT2D eigenvalue weighted by molar-refractivity contribution is 0.203. The number of aromatic hydroxyl groups is 1. The van der Waals surface area contributed by atoms with Crippen LogP contribution in [-0.4, -0.2) is 52.8 Å². The Kier molecular flexibility index (Phi) is 6.57. The Balaban J connectivity index is 1.38. The molecule has 0 aliphatic carbocycles. The van der Waals surface area contributed by atoms with E-state index in [4.69, 9.17) is 9.72 Å². The number of benzene rings is 1. The van der Waals surface area contributed by atoms with E-state index in [0.717, 1.165) is 75.6 Å². The van der Waals surface area contributed by atoms with E-state index in [-0.39, 0.29) is 11.3 Å². The van der Waals surface area contributed by atoms with Crippen LogP contribution in [0.4, 0.5) is 5.95 Å². The standard InChI is InChI=1S/C23H32N4O3/c1-2-30-21-14-17(6-7-20(21)28)16-26-12-8-18(9-13-26)19-15-22(29)25-23(24-19)27-10-4-3-5-11-27/h6-7,14-15,18,28H,2-5,8-13,16H2,1H3,(H,24,25,29). The Labute approximate surface area is 177 Å². The number of phenolic OH excluding ortho intramolecular Hbond substituents is 1. The van der Waals surface area contributed by atoms with Gasteiger partial charge in [-0.1, -0.05) is 6.07 Å². The summed E-state index contributed by atoms with van der Waals surface area (Å²) in [6.07, 6.45) is 5.56. The van der Waals surface area contributed by atoms with Gasteiger partial charge in [0.2, 0.25) is 5.95 Å². The van der Waals surface area contributed by atoms with Crippen molar-refractivity contribution in [2.24, 2.45) is 0 Å². The van der Waals surface area contributed by atoms with Crippen molar-refractivity contribution in [2.75, 3.05) is 37.7 Å². The second-order valence-corrected chi connectivity index (χ2v) is 8.33. The lowest BCUT2D eigenvalue weighted by Gasteiger charge is -2.32. The first kappa shape index (κ1) is 20.7. The predicted octanol–water partition coefficient (Wildman–Crippen LogP) is 3.24. The van der Waals surface area contributed by atoms with Gasteiger partial charge in [0, 0.05) is 31.6 Å². The maximum Gasteiger partial charge on any atom is 0.252 e. The van der Waals surface area contributed by atoms with Crippen molar-refractivity contribution < 1.29 is 9.84 Å². The van der Waals surface area contributed by atoms with Crippen molar-refractivity contribution in [3.8, 4) is 11.5 Å². The van der Waals surface area contributed by atoms with E-state index in [9.17, 15) is 9.90 Å². The van der Waals surface area contributed by atoms with Crippen molar-refractivity contribution in [3.05, 3.63) is 45.9 Å². The molecule has 4 rings (SSSR count). The summed E-state index contributed by atoms with van der Waals surface area (Å²) < 4.78 is 5.50. The number of phenols is 1. The van der Waals surface area contributed by atoms with E-state index < -0.39 is 0 Å². The second-order valence-electron chi connectivity index (χ2n) is 8.33. The van der Waals surface area contributed by atoms with Crippen molar-refractivity contribution >= 4 is 5.95 Å². The number of anilines is 1. The SMILES string of the molecule is CCOc1cc(CN2CCC(c3cc(=O)[nH]c(N4CCCCC4)n3)CC2)ccc1O. The van der Waals surface area contributed by atoms with Gasteiger partial charge in [-0.3, -0.25) is 14.7 Å². The van der Waals surface area contributed by atoms with Crippen molar-refractivity contribution in [1.29, 1.82) is 0 Å². The highest BCUT2D eigenvalue weighted by atomic mass is 16.5. The number of aromatic nitrogens is 2. The quantitative estimate of drug-likeness (QED) is 0.758. The molecule has 0 unspecified atom stereocenters. The van der Waals surface area contributed by atoms with E-state index in [2.05, 4.69) is 14.8 Å². The maximum atomic E-state index is 12.2. The minimum Gasteiger partial charge on any atom is -0.504 e. The fourth-order valence-electron chi connectivity index (χ4n) is 4.50. The van der Waals surface area contributed by atoms with Crippen LogP contribution in [0.25, 0.3) is 0 Å². The van der Waals surface area contributed by atoms with E-state index >= 15 is 0 Å². The lowest BCUT2D eigenvalue weighted by atomic mass is 9.93. The molecule has 0 saturated carbocycles. The van der Waals surface area contributed by atoms with Gasteiger partial charge in [0.15, 0.2) is 11.5 Å². The van der Waals surface area contributed by atoms with E-state index in [1.165, 1.54) is 6.42 Å². The third kappa shape index (κ3) is 4.95. The fourth-order valence-corrected chi connectivity index (χ4v) is 4.50. The monoisotopic (exact) mass is 412 g/mol. The molecule has 0 amide bonds. The van der Waals surface area contributed by atoms with Crippen LogP contribution in [0.1, 0.15) is 56.2 Å². The largest absolute Gasteiger partial charge is 0.504 e. The number of H-pyrrole nitrogens is 1. The molecule has 3 heterocycles. The topological polar surface area (TPSA) is 81.7 Å². The molecule has 0 atom stereocenters. The first-order chi connectivity index (χ1) is 14.6. The first-order valence-corrected chi connectivity index (χ1v) is 11.2. The van der Waals surface area contributed by atoms with E-state index in [0.29, 0.717) is 18.3 Å². The van der Waals surface area contributed by atoms with Crippen LogP contribution in [0.5, 0.6) is 11.5 Å². The number of piperidine rings is 2. The van der Waals surface area contributed by atoms with Crippen molar-refractivity contribution in [2.45, 2.75) is 51.5 Å². The molecule has 162 valence electrons. The van der Waals surface area contributed by atoms with Gasteiger partial charge >= 0.3 is 0 Å². The zero-order valence-electron chi connectivity index (χ0n) is 17.8. The normalized spacial score (nSPS) is 18.5. The molecule has 2 aromatic rings. The molecule has 2 saturated heterocycles. The predicted molar refractivity (Wildman–Crippen MR) is 117 cm³/mol. The molecule has 1 aromatic carbocycles. The van der Waals surface area contributed by atoms with Crippen LogP contribution in [-0.2, 0) is 6.54 Å². The van der Waals surface area contributed by atoms with Crippen molar-refractivity contribution in [1.82, 2.24) is 14.9 Å². The van der Waals surface area contributed by atoms with Gasteiger partial charge in [-0.25, -0.2) is 4.98 Å². The Morgan fingerprint density at radius 2 is 1.90 bits per heavy atom. The fraction of sp³-hybridized carbons (Fsp3) is 0.565. The smallest absolute Gasteiger partial charge is 0.252 e. The maximum absolute atomic E-state index is 12.2. The van der Waals surface area contributed by atoms with Gasteiger partial charge in [-0.2, -0.15) is 0 Å². The summed E-state index contributed by atoms with van der Waals surface area (Å²) in [5, 5.41) is 9.89. The average molecular weight is 413 g/mol. The molecule has 0 radical (unpaired) electrons. The third-order valence-corrected chi connectivity index (χ3v) is 6.14. The van der Waals surface area contributed by atoms with Gasteiger partial charge in [0.25, 0.3) is 5.56 Å². The number of hydrogen-bond acceptors (Lipinski definition) is 6. The average Bonchev–Trinajstić information content (AvgIpc) is 2.77. The zero-order valence-corrected chi connectivity index (χ0v) is 17.8. The highest BCUT2D eigenvalue weighted by Gasteiger charge is 2.24. The highest BCUT2D eigenvalue weighted by Crippen LogP contribution is 2.30. The van der Waals surface area contributed by atoms with Gasteiger partial charge in [-0.15, -0.1) is 0 Å². The molecule has 30 heavy (non-hydrogen) atoms.